The predicted octanol–water partition coefficient (Wildman–Crippen LogP) is 2.09. The zero-order valence-electron chi connectivity index (χ0n) is 16.8. The summed E-state index contributed by atoms with van der Waals surface area (Å²) in [7, 11) is -3.78. The molecular formula is C20H23N3O6S. The Labute approximate surface area is 175 Å². The Bertz CT molecular complexity index is 1030. The molecule has 0 spiro atoms. The van der Waals surface area contributed by atoms with Gasteiger partial charge in [-0.2, -0.15) is 5.10 Å². The van der Waals surface area contributed by atoms with E-state index in [1.54, 1.807) is 36.4 Å². The molecule has 0 aliphatic rings. The number of ether oxygens (including phenoxy) is 1. The highest BCUT2D eigenvalue weighted by Crippen LogP contribution is 2.24. The number of aromatic carboxylic acids is 1. The molecule has 1 unspecified atom stereocenters. The highest BCUT2D eigenvalue weighted by molar-refractivity contribution is 7.92. The van der Waals surface area contributed by atoms with Gasteiger partial charge in [0.05, 0.1) is 30.3 Å². The van der Waals surface area contributed by atoms with E-state index in [4.69, 9.17) is 4.74 Å². The SMILES string of the molecule is CCOc1ccc(N(C(C)C(=O)NN=Cc2ccccc2C(=O)O)S(C)(=O)=O)cc1. The van der Waals surface area contributed by atoms with Gasteiger partial charge in [0.15, 0.2) is 0 Å². The van der Waals surface area contributed by atoms with Crippen molar-refractivity contribution in [3.05, 3.63) is 59.7 Å². The summed E-state index contributed by atoms with van der Waals surface area (Å²) >= 11 is 0. The van der Waals surface area contributed by atoms with Crippen molar-refractivity contribution in [3.63, 3.8) is 0 Å². The molecule has 9 nitrogen and oxygen atoms in total. The summed E-state index contributed by atoms with van der Waals surface area (Å²) in [6.45, 7) is 3.73. The van der Waals surface area contributed by atoms with E-state index in [1.807, 2.05) is 6.92 Å². The third-order valence-corrected chi connectivity index (χ3v) is 5.30. The molecule has 1 amide bonds. The van der Waals surface area contributed by atoms with Crippen LogP contribution in [0.15, 0.2) is 53.6 Å². The monoisotopic (exact) mass is 433 g/mol. The first-order valence-corrected chi connectivity index (χ1v) is 10.9. The average Bonchev–Trinajstić information content (AvgIpc) is 2.68. The fraction of sp³-hybridized carbons (Fsp3) is 0.250. The number of carbonyl (C=O) groups excluding carboxylic acids is 1. The minimum atomic E-state index is -3.78. The second-order valence-corrected chi connectivity index (χ2v) is 8.15. The lowest BCUT2D eigenvalue weighted by molar-refractivity contribution is -0.121. The van der Waals surface area contributed by atoms with Crippen LogP contribution in [0.1, 0.15) is 29.8 Å². The first kappa shape index (κ1) is 22.9. The Morgan fingerprint density at radius 3 is 2.40 bits per heavy atom. The van der Waals surface area contributed by atoms with Gasteiger partial charge in [0.25, 0.3) is 5.91 Å². The van der Waals surface area contributed by atoms with Crippen molar-refractivity contribution < 1.29 is 27.9 Å². The molecule has 0 aliphatic heterocycles. The number of anilines is 1. The van der Waals surface area contributed by atoms with Crippen LogP contribution in [-0.2, 0) is 14.8 Å². The van der Waals surface area contributed by atoms with E-state index in [0.29, 0.717) is 23.6 Å². The molecular weight excluding hydrogens is 410 g/mol. The zero-order valence-corrected chi connectivity index (χ0v) is 17.6. The first-order chi connectivity index (χ1) is 14.1. The van der Waals surface area contributed by atoms with E-state index in [9.17, 15) is 23.1 Å². The van der Waals surface area contributed by atoms with Crippen LogP contribution in [0.25, 0.3) is 0 Å². The van der Waals surface area contributed by atoms with Gasteiger partial charge in [-0.3, -0.25) is 9.10 Å². The minimum absolute atomic E-state index is 0.0238. The zero-order chi connectivity index (χ0) is 22.3. The molecule has 2 aromatic rings. The predicted molar refractivity (Wildman–Crippen MR) is 114 cm³/mol. The summed E-state index contributed by atoms with van der Waals surface area (Å²) in [5, 5.41) is 12.9. The highest BCUT2D eigenvalue weighted by Gasteiger charge is 2.29. The average molecular weight is 433 g/mol. The van der Waals surface area contributed by atoms with Crippen LogP contribution in [-0.4, -0.2) is 50.5 Å². The Kier molecular flexibility index (Phi) is 7.54. The number of nitrogens with zero attached hydrogens (tertiary/aromatic N) is 2. The van der Waals surface area contributed by atoms with Crippen LogP contribution >= 0.6 is 0 Å². The Morgan fingerprint density at radius 2 is 1.83 bits per heavy atom. The summed E-state index contributed by atoms with van der Waals surface area (Å²) in [5.41, 5.74) is 2.87. The van der Waals surface area contributed by atoms with Crippen LogP contribution < -0.4 is 14.5 Å². The fourth-order valence-electron chi connectivity index (χ4n) is 2.73. The minimum Gasteiger partial charge on any atom is -0.494 e. The van der Waals surface area contributed by atoms with E-state index in [0.717, 1.165) is 10.6 Å². The molecule has 0 aromatic heterocycles. The maximum atomic E-state index is 12.5. The number of carboxylic acids is 1. The molecule has 0 fully saturated rings. The van der Waals surface area contributed by atoms with Crippen molar-refractivity contribution in [2.24, 2.45) is 5.10 Å². The molecule has 0 saturated carbocycles. The summed E-state index contributed by atoms with van der Waals surface area (Å²) in [4.78, 5) is 23.7. The Hall–Kier alpha value is -3.40. The van der Waals surface area contributed by atoms with Crippen LogP contribution in [0.3, 0.4) is 0 Å². The molecule has 0 radical (unpaired) electrons. The number of rotatable bonds is 9. The van der Waals surface area contributed by atoms with E-state index < -0.39 is 27.9 Å². The lowest BCUT2D eigenvalue weighted by atomic mass is 10.1. The van der Waals surface area contributed by atoms with Crippen LogP contribution in [0, 0.1) is 0 Å². The molecule has 0 bridgehead atoms. The maximum Gasteiger partial charge on any atom is 0.336 e. The Morgan fingerprint density at radius 1 is 1.20 bits per heavy atom. The van der Waals surface area contributed by atoms with Gasteiger partial charge in [0, 0.05) is 5.56 Å². The number of sulfonamides is 1. The molecule has 160 valence electrons. The first-order valence-electron chi connectivity index (χ1n) is 9.02. The van der Waals surface area contributed by atoms with Gasteiger partial charge >= 0.3 is 5.97 Å². The Balaban J connectivity index is 2.19. The summed E-state index contributed by atoms with van der Waals surface area (Å²) in [6.07, 6.45) is 2.19. The number of amides is 1. The van der Waals surface area contributed by atoms with Crippen LogP contribution in [0.2, 0.25) is 0 Å². The number of carboxylic acid groups (broad SMARTS) is 1. The lowest BCUT2D eigenvalue weighted by Crippen LogP contribution is -2.46. The number of nitrogens with one attached hydrogen (secondary N) is 1. The largest absolute Gasteiger partial charge is 0.494 e. The molecule has 0 saturated heterocycles. The third-order valence-electron chi connectivity index (χ3n) is 4.06. The van der Waals surface area contributed by atoms with E-state index in [2.05, 4.69) is 10.5 Å². The number of hydrazone groups is 1. The quantitative estimate of drug-likeness (QED) is 0.461. The normalized spacial score (nSPS) is 12.4. The van der Waals surface area contributed by atoms with Gasteiger partial charge in [-0.15, -0.1) is 0 Å². The molecule has 30 heavy (non-hydrogen) atoms. The lowest BCUT2D eigenvalue weighted by Gasteiger charge is -2.27. The van der Waals surface area contributed by atoms with Gasteiger partial charge in [0.2, 0.25) is 10.0 Å². The van der Waals surface area contributed by atoms with Gasteiger partial charge in [0.1, 0.15) is 11.8 Å². The van der Waals surface area contributed by atoms with E-state index >= 15 is 0 Å². The van der Waals surface area contributed by atoms with Gasteiger partial charge in [-0.05, 0) is 44.2 Å². The second-order valence-electron chi connectivity index (χ2n) is 6.29. The van der Waals surface area contributed by atoms with Crippen molar-refractivity contribution in [1.82, 2.24) is 5.43 Å². The van der Waals surface area contributed by atoms with E-state index in [-0.39, 0.29) is 5.56 Å². The standard InChI is InChI=1S/C20H23N3O6S/c1-4-29-17-11-9-16(10-12-17)23(30(3,27)28)14(2)19(24)22-21-13-15-7-5-6-8-18(15)20(25)26/h5-14H,4H2,1-3H3,(H,22,24)(H,25,26). The third kappa shape index (κ3) is 5.80. The van der Waals surface area contributed by atoms with Crippen molar-refractivity contribution in [3.8, 4) is 5.75 Å². The highest BCUT2D eigenvalue weighted by atomic mass is 32.2. The molecule has 2 rings (SSSR count). The van der Waals surface area contributed by atoms with Gasteiger partial charge < -0.3 is 9.84 Å². The summed E-state index contributed by atoms with van der Waals surface area (Å²) in [6, 6.07) is 11.4. The summed E-state index contributed by atoms with van der Waals surface area (Å²) < 4.78 is 30.9. The molecule has 0 heterocycles. The molecule has 2 aromatic carbocycles. The molecule has 0 aliphatic carbocycles. The van der Waals surface area contributed by atoms with Crippen LogP contribution in [0.5, 0.6) is 5.75 Å². The second kappa shape index (κ2) is 9.88. The number of benzene rings is 2. The number of carbonyl (C=O) groups is 2. The maximum absolute atomic E-state index is 12.5. The molecule has 10 heteroatoms. The van der Waals surface area contributed by atoms with Crippen molar-refractivity contribution in [2.75, 3.05) is 17.2 Å². The number of hydrogen-bond acceptors (Lipinski definition) is 6. The van der Waals surface area contributed by atoms with Gasteiger partial charge in [-0.1, -0.05) is 18.2 Å². The summed E-state index contributed by atoms with van der Waals surface area (Å²) in [5.74, 6) is -1.23. The molecule has 1 atom stereocenters. The van der Waals surface area contributed by atoms with Gasteiger partial charge in [-0.25, -0.2) is 18.6 Å². The van der Waals surface area contributed by atoms with Crippen molar-refractivity contribution in [2.45, 2.75) is 19.9 Å². The number of hydrogen-bond donors (Lipinski definition) is 2. The van der Waals surface area contributed by atoms with Crippen molar-refractivity contribution in [1.29, 1.82) is 0 Å². The molecule has 2 N–H and O–H groups in total. The van der Waals surface area contributed by atoms with Crippen molar-refractivity contribution >= 4 is 33.8 Å². The topological polar surface area (TPSA) is 125 Å². The van der Waals surface area contributed by atoms with Crippen LogP contribution in [0.4, 0.5) is 5.69 Å². The fourth-order valence-corrected chi connectivity index (χ4v) is 3.90. The van der Waals surface area contributed by atoms with E-state index in [1.165, 1.54) is 25.3 Å². The smallest absolute Gasteiger partial charge is 0.336 e.